The molecule has 2 atom stereocenters. The van der Waals surface area contributed by atoms with Gasteiger partial charge in [0.15, 0.2) is 11.5 Å². The fourth-order valence-corrected chi connectivity index (χ4v) is 5.15. The van der Waals surface area contributed by atoms with Crippen LogP contribution < -0.4 is 21.1 Å². The summed E-state index contributed by atoms with van der Waals surface area (Å²) < 4.78 is 33.9. The average Bonchev–Trinajstić information content (AvgIpc) is 3.32. The molecule has 0 amide bonds. The molecule has 0 unspecified atom stereocenters. The maximum atomic E-state index is 13.4. The van der Waals surface area contributed by atoms with Gasteiger partial charge in [0, 0.05) is 18.7 Å². The second kappa shape index (κ2) is 10.3. The molecule has 0 saturated carbocycles. The van der Waals surface area contributed by atoms with Crippen LogP contribution in [-0.2, 0) is 6.54 Å². The van der Waals surface area contributed by atoms with Crippen molar-refractivity contribution in [1.82, 2.24) is 24.5 Å². The Labute approximate surface area is 222 Å². The Morgan fingerprint density at radius 3 is 2.76 bits per heavy atom. The fraction of sp³-hybridized carbons (Fsp3) is 0.360. The van der Waals surface area contributed by atoms with E-state index in [4.69, 9.17) is 27.8 Å². The Kier molecular flexibility index (Phi) is 7.03. The molecule has 0 bridgehead atoms. The molecule has 5 N–H and O–H groups in total. The maximum absolute atomic E-state index is 13.4. The molecule has 0 aliphatic carbocycles. The van der Waals surface area contributed by atoms with Crippen molar-refractivity contribution in [3.63, 3.8) is 0 Å². The Balaban J connectivity index is 1.58. The highest BCUT2D eigenvalue weighted by molar-refractivity contribution is 6.33. The van der Waals surface area contributed by atoms with Gasteiger partial charge in [-0.25, -0.2) is 23.7 Å². The number of aliphatic hydroxyl groups excluding tert-OH is 1. The molecule has 1 aliphatic heterocycles. The molecule has 4 heterocycles. The molecule has 1 fully saturated rings. The first-order valence-electron chi connectivity index (χ1n) is 11.9. The van der Waals surface area contributed by atoms with Gasteiger partial charge in [-0.05, 0) is 42.7 Å². The number of anilines is 2. The number of rotatable bonds is 7. The predicted molar refractivity (Wildman–Crippen MR) is 140 cm³/mol. The van der Waals surface area contributed by atoms with Crippen LogP contribution in [0.5, 0.6) is 5.75 Å². The van der Waals surface area contributed by atoms with Crippen molar-refractivity contribution in [1.29, 1.82) is 0 Å². The van der Waals surface area contributed by atoms with Crippen LogP contribution in [0.4, 0.5) is 20.3 Å². The highest BCUT2D eigenvalue weighted by atomic mass is 35.5. The summed E-state index contributed by atoms with van der Waals surface area (Å²) in [6.07, 6.45) is 0.572. The molecule has 38 heavy (non-hydrogen) atoms. The number of pyridine rings is 1. The van der Waals surface area contributed by atoms with Crippen molar-refractivity contribution in [2.75, 3.05) is 30.8 Å². The first kappa shape index (κ1) is 26.0. The summed E-state index contributed by atoms with van der Waals surface area (Å²) in [6.45, 7) is 0.915. The van der Waals surface area contributed by atoms with Gasteiger partial charge >= 0.3 is 0 Å². The lowest BCUT2D eigenvalue weighted by Gasteiger charge is -2.44. The van der Waals surface area contributed by atoms with Crippen molar-refractivity contribution < 1.29 is 18.6 Å². The number of nitrogens with two attached hydrogens (primary N) is 2. The monoisotopic (exact) mass is 544 g/mol. The van der Waals surface area contributed by atoms with Gasteiger partial charge in [-0.2, -0.15) is 0 Å². The molecular formula is C25H27ClF2N8O2. The van der Waals surface area contributed by atoms with Gasteiger partial charge in [0.25, 0.3) is 6.43 Å². The standard InChI is InChI=1S/C25H27ClF2N8O2/c1-38-15-3-4-16(17(26)8-15)18-7-14(10-36-13-34-20-23(29)32-12-33-24(20)36)19(9-31-18)35-6-2-5-25(30,11-35)21(37)22(27)28/h3-4,7-9,12-13,21-22,37H,2,5-6,10-11,30H2,1H3,(H2,29,32,33)/t21-,25+/m0/s1. The quantitative estimate of drug-likeness (QED) is 0.320. The summed E-state index contributed by atoms with van der Waals surface area (Å²) in [6, 6.07) is 7.20. The molecule has 1 aliphatic rings. The van der Waals surface area contributed by atoms with Gasteiger partial charge in [-0.3, -0.25) is 4.98 Å². The van der Waals surface area contributed by atoms with Crippen LogP contribution in [0.3, 0.4) is 0 Å². The number of nitrogen functional groups attached to an aromatic ring is 1. The van der Waals surface area contributed by atoms with Crippen LogP contribution in [0.1, 0.15) is 18.4 Å². The number of benzene rings is 1. The zero-order chi connectivity index (χ0) is 27.0. The number of methoxy groups -OCH3 is 1. The van der Waals surface area contributed by atoms with E-state index in [0.29, 0.717) is 58.4 Å². The smallest absolute Gasteiger partial charge is 0.265 e. The second-order valence-corrected chi connectivity index (χ2v) is 9.79. The van der Waals surface area contributed by atoms with E-state index in [1.165, 1.54) is 6.33 Å². The number of aliphatic hydroxyl groups is 1. The molecule has 200 valence electrons. The van der Waals surface area contributed by atoms with E-state index in [1.54, 1.807) is 31.8 Å². The minimum atomic E-state index is -2.94. The van der Waals surface area contributed by atoms with Gasteiger partial charge in [0.05, 0.1) is 48.1 Å². The topological polar surface area (TPSA) is 141 Å². The molecule has 1 saturated heterocycles. The number of ether oxygens (including phenoxy) is 1. The van der Waals surface area contributed by atoms with Crippen LogP contribution in [0.2, 0.25) is 5.02 Å². The third kappa shape index (κ3) is 4.82. The van der Waals surface area contributed by atoms with E-state index in [-0.39, 0.29) is 18.8 Å². The summed E-state index contributed by atoms with van der Waals surface area (Å²) >= 11 is 6.53. The molecule has 0 spiro atoms. The lowest BCUT2D eigenvalue weighted by Crippen LogP contribution is -2.63. The number of alkyl halides is 2. The minimum Gasteiger partial charge on any atom is -0.497 e. The van der Waals surface area contributed by atoms with Gasteiger partial charge in [0.1, 0.15) is 23.7 Å². The number of halogens is 3. The molecule has 0 radical (unpaired) electrons. The van der Waals surface area contributed by atoms with E-state index in [1.807, 2.05) is 21.6 Å². The Bertz CT molecular complexity index is 1470. The van der Waals surface area contributed by atoms with Crippen molar-refractivity contribution in [3.05, 3.63) is 53.7 Å². The number of aromatic nitrogens is 5. The summed E-state index contributed by atoms with van der Waals surface area (Å²) in [7, 11) is 1.56. The molecule has 1 aromatic carbocycles. The van der Waals surface area contributed by atoms with E-state index < -0.39 is 18.1 Å². The zero-order valence-electron chi connectivity index (χ0n) is 20.6. The van der Waals surface area contributed by atoms with Crippen molar-refractivity contribution in [2.45, 2.75) is 37.5 Å². The highest BCUT2D eigenvalue weighted by Crippen LogP contribution is 2.35. The van der Waals surface area contributed by atoms with Crippen LogP contribution in [0.15, 0.2) is 43.1 Å². The van der Waals surface area contributed by atoms with E-state index in [0.717, 1.165) is 5.56 Å². The molecule has 4 aromatic rings. The van der Waals surface area contributed by atoms with Crippen molar-refractivity contribution >= 4 is 34.3 Å². The number of piperidine rings is 1. The normalized spacial score (nSPS) is 18.8. The summed E-state index contributed by atoms with van der Waals surface area (Å²) in [4.78, 5) is 19.2. The fourth-order valence-electron chi connectivity index (χ4n) is 4.89. The van der Waals surface area contributed by atoms with E-state index in [2.05, 4.69) is 19.9 Å². The van der Waals surface area contributed by atoms with Gasteiger partial charge in [-0.1, -0.05) is 11.6 Å². The van der Waals surface area contributed by atoms with Gasteiger partial charge in [0.2, 0.25) is 0 Å². The molecule has 5 rings (SSSR count). The van der Waals surface area contributed by atoms with E-state index in [9.17, 15) is 13.9 Å². The number of hydrogen-bond acceptors (Lipinski definition) is 9. The molecule has 10 nitrogen and oxygen atoms in total. The van der Waals surface area contributed by atoms with Crippen molar-refractivity contribution in [3.8, 4) is 17.0 Å². The summed E-state index contributed by atoms with van der Waals surface area (Å²) in [5, 5.41) is 10.6. The molecule has 3 aromatic heterocycles. The largest absolute Gasteiger partial charge is 0.497 e. The maximum Gasteiger partial charge on any atom is 0.265 e. The SMILES string of the molecule is COc1ccc(-c2cc(Cn3cnc4c(N)ncnc43)c(N3CCC[C@](N)([C@@H](O)C(F)F)C3)cn2)c(Cl)c1. The Morgan fingerprint density at radius 1 is 1.21 bits per heavy atom. The number of nitrogens with zero attached hydrogens (tertiary/aromatic N) is 6. The van der Waals surface area contributed by atoms with Gasteiger partial charge < -0.3 is 30.8 Å². The predicted octanol–water partition coefficient (Wildman–Crippen LogP) is 3.10. The van der Waals surface area contributed by atoms with Crippen LogP contribution in [-0.4, -0.2) is 67.9 Å². The third-order valence-corrected chi connectivity index (χ3v) is 7.22. The van der Waals surface area contributed by atoms with Crippen LogP contribution >= 0.6 is 11.6 Å². The average molecular weight is 545 g/mol. The highest BCUT2D eigenvalue weighted by Gasteiger charge is 2.43. The van der Waals surface area contributed by atoms with Gasteiger partial charge in [-0.15, -0.1) is 0 Å². The molecule has 13 heteroatoms. The van der Waals surface area contributed by atoms with Crippen LogP contribution in [0, 0.1) is 0 Å². The second-order valence-electron chi connectivity index (χ2n) is 9.39. The lowest BCUT2D eigenvalue weighted by atomic mass is 9.84. The first-order chi connectivity index (χ1) is 18.2. The minimum absolute atomic E-state index is 0.0373. The van der Waals surface area contributed by atoms with Crippen molar-refractivity contribution in [2.24, 2.45) is 5.73 Å². The number of hydrogen-bond donors (Lipinski definition) is 3. The summed E-state index contributed by atoms with van der Waals surface area (Å²) in [5.41, 5.74) is 14.6. The number of imidazole rings is 1. The van der Waals surface area contributed by atoms with E-state index >= 15 is 0 Å². The number of fused-ring (bicyclic) bond motifs is 1. The lowest BCUT2D eigenvalue weighted by molar-refractivity contribution is -0.0529. The Morgan fingerprint density at radius 2 is 2.03 bits per heavy atom. The summed E-state index contributed by atoms with van der Waals surface area (Å²) in [5.74, 6) is 0.877. The van der Waals surface area contributed by atoms with Crippen LogP contribution in [0.25, 0.3) is 22.4 Å². The third-order valence-electron chi connectivity index (χ3n) is 6.91. The molecular weight excluding hydrogens is 518 g/mol. The zero-order valence-corrected chi connectivity index (χ0v) is 21.3. The first-order valence-corrected chi connectivity index (χ1v) is 12.3. The Hall–Kier alpha value is -3.61.